The molecule has 2 aromatic carbocycles. The van der Waals surface area contributed by atoms with Gasteiger partial charge in [0.15, 0.2) is 5.82 Å². The lowest BCUT2D eigenvalue weighted by molar-refractivity contribution is -0.112. The van der Waals surface area contributed by atoms with Gasteiger partial charge >= 0.3 is 0 Å². The number of aromatic nitrogens is 3. The highest BCUT2D eigenvalue weighted by atomic mass is 16.2. The minimum Gasteiger partial charge on any atom is -0.358 e. The van der Waals surface area contributed by atoms with E-state index in [1.54, 1.807) is 19.1 Å². The molecule has 5 rings (SSSR count). The number of nitrogens with one attached hydrogen (secondary N) is 2. The molecule has 0 spiro atoms. The fraction of sp³-hybridized carbons (Fsp3) is 0.200. The predicted octanol–water partition coefficient (Wildman–Crippen LogP) is 4.35. The Bertz CT molecular complexity index is 1290. The van der Waals surface area contributed by atoms with Crippen LogP contribution in [0.25, 0.3) is 22.2 Å². The SMILES string of the molecule is Cc1[nH]c2ccccc2c1C(=O)C(=O)Nc1ccc(-c2ccc(N3CCCC3)nn2)cc1. The normalized spacial score (nSPS) is 13.5. The van der Waals surface area contributed by atoms with Gasteiger partial charge in [0, 0.05) is 40.9 Å². The Morgan fingerprint density at radius 1 is 0.938 bits per heavy atom. The van der Waals surface area contributed by atoms with Gasteiger partial charge < -0.3 is 15.2 Å². The first-order valence-corrected chi connectivity index (χ1v) is 10.7. The summed E-state index contributed by atoms with van der Waals surface area (Å²) in [6.45, 7) is 3.85. The van der Waals surface area contributed by atoms with Gasteiger partial charge in [0.1, 0.15) is 0 Å². The number of benzene rings is 2. The summed E-state index contributed by atoms with van der Waals surface area (Å²) in [5, 5.41) is 12.1. The number of aryl methyl sites for hydroxylation is 1. The van der Waals surface area contributed by atoms with E-state index in [1.807, 2.05) is 48.5 Å². The number of para-hydroxylation sites is 1. The van der Waals surface area contributed by atoms with Gasteiger partial charge in [-0.1, -0.05) is 30.3 Å². The molecular weight excluding hydrogens is 402 g/mol. The number of rotatable bonds is 5. The van der Waals surface area contributed by atoms with Crippen LogP contribution in [0.15, 0.2) is 60.7 Å². The second-order valence-corrected chi connectivity index (χ2v) is 8.00. The Balaban J connectivity index is 1.29. The molecule has 1 amide bonds. The van der Waals surface area contributed by atoms with Crippen molar-refractivity contribution in [3.05, 3.63) is 71.9 Å². The quantitative estimate of drug-likeness (QED) is 0.366. The Kier molecular flexibility index (Phi) is 5.15. The molecule has 0 saturated carbocycles. The zero-order valence-electron chi connectivity index (χ0n) is 17.8. The minimum atomic E-state index is -0.666. The van der Waals surface area contributed by atoms with E-state index in [2.05, 4.69) is 25.4 Å². The van der Waals surface area contributed by atoms with Crippen LogP contribution < -0.4 is 10.2 Å². The van der Waals surface area contributed by atoms with Gasteiger partial charge in [-0.15, -0.1) is 10.2 Å². The Hall–Kier alpha value is -4.00. The summed E-state index contributed by atoms with van der Waals surface area (Å²) in [5.74, 6) is -0.325. The highest BCUT2D eigenvalue weighted by Gasteiger charge is 2.22. The highest BCUT2D eigenvalue weighted by Crippen LogP contribution is 2.24. The molecule has 7 nitrogen and oxygen atoms in total. The molecule has 1 aliphatic heterocycles. The van der Waals surface area contributed by atoms with Crippen LogP contribution >= 0.6 is 0 Å². The summed E-state index contributed by atoms with van der Waals surface area (Å²) in [5.41, 5.74) is 4.12. The molecule has 0 aliphatic carbocycles. The number of Topliss-reactive ketones (excluding diaryl/α,β-unsaturated/α-hetero) is 1. The van der Waals surface area contributed by atoms with Gasteiger partial charge in [0.25, 0.3) is 11.7 Å². The van der Waals surface area contributed by atoms with Crippen LogP contribution in [0.5, 0.6) is 0 Å². The van der Waals surface area contributed by atoms with E-state index in [9.17, 15) is 9.59 Å². The monoisotopic (exact) mass is 425 g/mol. The number of carbonyl (C=O) groups is 2. The molecule has 1 saturated heterocycles. The average Bonchev–Trinajstić information content (AvgIpc) is 3.47. The number of ketones is 1. The third-order valence-electron chi connectivity index (χ3n) is 5.85. The zero-order chi connectivity index (χ0) is 22.1. The number of aromatic amines is 1. The molecule has 0 radical (unpaired) electrons. The highest BCUT2D eigenvalue weighted by molar-refractivity contribution is 6.48. The summed E-state index contributed by atoms with van der Waals surface area (Å²) in [6.07, 6.45) is 2.39. The van der Waals surface area contributed by atoms with Crippen LogP contribution in [0.3, 0.4) is 0 Å². The zero-order valence-corrected chi connectivity index (χ0v) is 17.8. The van der Waals surface area contributed by atoms with Crippen LogP contribution in [0.4, 0.5) is 11.5 Å². The molecule has 4 aromatic rings. The van der Waals surface area contributed by atoms with Crippen molar-refractivity contribution in [2.24, 2.45) is 0 Å². The molecule has 3 heterocycles. The van der Waals surface area contributed by atoms with E-state index in [0.717, 1.165) is 41.1 Å². The van der Waals surface area contributed by atoms with E-state index in [1.165, 1.54) is 12.8 Å². The first-order chi connectivity index (χ1) is 15.6. The van der Waals surface area contributed by atoms with E-state index in [4.69, 9.17) is 0 Å². The summed E-state index contributed by atoms with van der Waals surface area (Å²) in [4.78, 5) is 30.8. The summed E-state index contributed by atoms with van der Waals surface area (Å²) < 4.78 is 0. The number of nitrogens with zero attached hydrogens (tertiary/aromatic N) is 3. The molecule has 1 fully saturated rings. The maximum atomic E-state index is 12.8. The maximum Gasteiger partial charge on any atom is 0.296 e. The predicted molar refractivity (Wildman–Crippen MR) is 125 cm³/mol. The average molecular weight is 425 g/mol. The van der Waals surface area contributed by atoms with Gasteiger partial charge in [-0.2, -0.15) is 0 Å². The topological polar surface area (TPSA) is 91.0 Å². The molecule has 1 aliphatic rings. The van der Waals surface area contributed by atoms with E-state index in [0.29, 0.717) is 16.9 Å². The van der Waals surface area contributed by atoms with Gasteiger partial charge in [0.05, 0.1) is 11.3 Å². The second kappa shape index (κ2) is 8.26. The van der Waals surface area contributed by atoms with Crippen molar-refractivity contribution in [1.82, 2.24) is 15.2 Å². The molecule has 160 valence electrons. The largest absolute Gasteiger partial charge is 0.358 e. The third kappa shape index (κ3) is 3.73. The fourth-order valence-corrected chi connectivity index (χ4v) is 4.19. The lowest BCUT2D eigenvalue weighted by atomic mass is 10.1. The lowest BCUT2D eigenvalue weighted by Crippen LogP contribution is -2.23. The summed E-state index contributed by atoms with van der Waals surface area (Å²) in [7, 11) is 0. The first kappa shape index (κ1) is 19.9. The van der Waals surface area contributed by atoms with Crippen molar-refractivity contribution in [2.45, 2.75) is 19.8 Å². The molecule has 0 bridgehead atoms. The number of fused-ring (bicyclic) bond motifs is 1. The van der Waals surface area contributed by atoms with Gasteiger partial charge in [-0.05, 0) is 50.1 Å². The fourth-order valence-electron chi connectivity index (χ4n) is 4.19. The molecule has 7 heteroatoms. The number of anilines is 2. The van der Waals surface area contributed by atoms with Gasteiger partial charge in [-0.25, -0.2) is 0 Å². The molecular formula is C25H23N5O2. The number of hydrogen-bond acceptors (Lipinski definition) is 5. The van der Waals surface area contributed by atoms with Crippen molar-refractivity contribution in [2.75, 3.05) is 23.3 Å². The number of carbonyl (C=O) groups excluding carboxylic acids is 2. The van der Waals surface area contributed by atoms with Crippen LogP contribution in [0, 0.1) is 6.92 Å². The number of H-pyrrole nitrogens is 1. The van der Waals surface area contributed by atoms with Crippen molar-refractivity contribution < 1.29 is 9.59 Å². The molecule has 0 atom stereocenters. The number of amides is 1. The van der Waals surface area contributed by atoms with Crippen LogP contribution in [0.2, 0.25) is 0 Å². The Morgan fingerprint density at radius 2 is 1.69 bits per heavy atom. The Morgan fingerprint density at radius 3 is 2.41 bits per heavy atom. The smallest absolute Gasteiger partial charge is 0.296 e. The van der Waals surface area contributed by atoms with Crippen molar-refractivity contribution >= 4 is 34.1 Å². The molecule has 2 aromatic heterocycles. The summed E-state index contributed by atoms with van der Waals surface area (Å²) >= 11 is 0. The lowest BCUT2D eigenvalue weighted by Gasteiger charge is -2.15. The van der Waals surface area contributed by atoms with Crippen molar-refractivity contribution in [3.8, 4) is 11.3 Å². The second-order valence-electron chi connectivity index (χ2n) is 8.00. The first-order valence-electron chi connectivity index (χ1n) is 10.7. The number of hydrogen-bond donors (Lipinski definition) is 2. The van der Waals surface area contributed by atoms with Crippen molar-refractivity contribution in [3.63, 3.8) is 0 Å². The van der Waals surface area contributed by atoms with E-state index >= 15 is 0 Å². The van der Waals surface area contributed by atoms with E-state index in [-0.39, 0.29) is 0 Å². The standard InChI is InChI=1S/C25H23N5O2/c1-16-23(19-6-2-3-7-21(19)26-16)24(31)25(32)27-18-10-8-17(9-11-18)20-12-13-22(29-28-20)30-14-4-5-15-30/h2-3,6-13,26H,4-5,14-15H2,1H3,(H,27,32). The van der Waals surface area contributed by atoms with Crippen LogP contribution in [-0.2, 0) is 4.79 Å². The van der Waals surface area contributed by atoms with E-state index < -0.39 is 11.7 Å². The van der Waals surface area contributed by atoms with Crippen LogP contribution in [-0.4, -0.2) is 40.0 Å². The Labute approximate surface area is 185 Å². The van der Waals surface area contributed by atoms with Gasteiger partial charge in [-0.3, -0.25) is 9.59 Å². The maximum absolute atomic E-state index is 12.8. The summed E-state index contributed by atoms with van der Waals surface area (Å²) in [6, 6.07) is 18.6. The minimum absolute atomic E-state index is 0.406. The van der Waals surface area contributed by atoms with Gasteiger partial charge in [0.2, 0.25) is 0 Å². The van der Waals surface area contributed by atoms with Crippen molar-refractivity contribution in [1.29, 1.82) is 0 Å². The third-order valence-corrected chi connectivity index (χ3v) is 5.85. The molecule has 32 heavy (non-hydrogen) atoms. The van der Waals surface area contributed by atoms with Crippen LogP contribution in [0.1, 0.15) is 28.9 Å². The molecule has 2 N–H and O–H groups in total. The molecule has 0 unspecified atom stereocenters.